The summed E-state index contributed by atoms with van der Waals surface area (Å²) >= 11 is 5.81. The number of aromatic hydroxyl groups is 6. The van der Waals surface area contributed by atoms with Crippen LogP contribution in [-0.2, 0) is 81.2 Å². The number of rotatable bonds is 8. The van der Waals surface area contributed by atoms with Crippen molar-refractivity contribution in [2.75, 3.05) is 13.7 Å². The highest BCUT2D eigenvalue weighted by atomic mass is 32.1. The number of benzene rings is 7. The number of ether oxygens (including phenoxy) is 9. The van der Waals surface area contributed by atoms with Crippen LogP contribution in [0.3, 0.4) is 0 Å². The second-order valence-electron chi connectivity index (χ2n) is 26.2. The third-order valence-corrected chi connectivity index (χ3v) is 18.8. The lowest BCUT2D eigenvalue weighted by molar-refractivity contribution is -0.254. The van der Waals surface area contributed by atoms with E-state index in [1.54, 1.807) is 0 Å². The second kappa shape index (κ2) is 32.0. The Morgan fingerprint density at radius 1 is 0.473 bits per heavy atom. The number of esters is 5. The predicted molar refractivity (Wildman–Crippen MR) is 382 cm³/mol. The summed E-state index contributed by atoms with van der Waals surface area (Å²) in [5.74, 6) is -19.3. The molecule has 112 heavy (non-hydrogen) atoms. The minimum absolute atomic E-state index is 0.0873. The molecular formula is C75H70N8O28S. The van der Waals surface area contributed by atoms with Crippen LogP contribution < -0.4 is 56.7 Å². The Hall–Kier alpha value is -13.5. The number of phenolic OH excluding ortho intramolecular Hbond substituents is 6. The Labute approximate surface area is 638 Å². The molecule has 0 spiro atoms. The number of amides is 6. The summed E-state index contributed by atoms with van der Waals surface area (Å²) in [5, 5.41) is 115. The minimum Gasteiger partial charge on any atom is -0.508 e. The normalized spacial score (nSPS) is 24.0. The summed E-state index contributed by atoms with van der Waals surface area (Å²) < 4.78 is 52.0. The first-order valence-electron chi connectivity index (χ1n) is 34.0. The molecule has 16 N–H and O–H groups in total. The van der Waals surface area contributed by atoms with E-state index < -0.39 is 225 Å². The Morgan fingerprint density at radius 2 is 0.964 bits per heavy atom. The molecule has 0 aliphatic carbocycles. The third kappa shape index (κ3) is 16.4. The molecule has 14 atom stereocenters. The Morgan fingerprint density at radius 3 is 1.54 bits per heavy atom. The van der Waals surface area contributed by atoms with Crippen LogP contribution in [0.1, 0.15) is 115 Å². The fourth-order valence-corrected chi connectivity index (χ4v) is 13.4. The zero-order valence-corrected chi connectivity index (χ0v) is 60.3. The number of fused-ring (bicyclic) bond motifs is 14. The first-order valence-corrected chi connectivity index (χ1v) is 34.4. The molecule has 0 radical (unpaired) electrons. The van der Waals surface area contributed by atoms with E-state index in [1.165, 1.54) is 61.5 Å². The van der Waals surface area contributed by atoms with E-state index in [1.807, 2.05) is 0 Å². The van der Waals surface area contributed by atoms with Crippen molar-refractivity contribution in [1.29, 1.82) is 0 Å². The van der Waals surface area contributed by atoms with Gasteiger partial charge in [0.1, 0.15) is 101 Å². The highest BCUT2D eigenvalue weighted by molar-refractivity contribution is 7.80. The topological polar surface area (TPSA) is 529 Å². The number of thiocarbonyl (C=S) groups is 1. The summed E-state index contributed by atoms with van der Waals surface area (Å²) in [5.41, 5.74) is -2.73. The lowest BCUT2D eigenvalue weighted by Crippen LogP contribution is -2.67. The average Bonchev–Trinajstić information content (AvgIpc) is 0.772. The van der Waals surface area contributed by atoms with Crippen molar-refractivity contribution in [3.05, 3.63) is 166 Å². The van der Waals surface area contributed by atoms with Gasteiger partial charge < -0.3 is 126 Å². The summed E-state index contributed by atoms with van der Waals surface area (Å²) in [6.07, 6.45) is -12.6. The Kier molecular flexibility index (Phi) is 22.3. The molecule has 7 aliphatic rings. The van der Waals surface area contributed by atoms with E-state index in [0.717, 1.165) is 102 Å². The van der Waals surface area contributed by atoms with Gasteiger partial charge in [-0.2, -0.15) is 0 Å². The van der Waals surface area contributed by atoms with Crippen LogP contribution in [0.5, 0.6) is 69.0 Å². The van der Waals surface area contributed by atoms with E-state index in [0.29, 0.717) is 0 Å². The van der Waals surface area contributed by atoms with Gasteiger partial charge in [0.2, 0.25) is 41.2 Å². The molecule has 1 saturated heterocycles. The predicted octanol–water partition coefficient (Wildman–Crippen LogP) is 3.15. The van der Waals surface area contributed by atoms with Gasteiger partial charge in [0, 0.05) is 56.0 Å². The van der Waals surface area contributed by atoms with Crippen molar-refractivity contribution in [1.82, 2.24) is 42.5 Å². The highest BCUT2D eigenvalue weighted by Gasteiger charge is 2.53. The summed E-state index contributed by atoms with van der Waals surface area (Å²) in [7, 11) is 0.951. The SMILES string of the molecule is COC(=O)[C@@H]1NC(=O)[C@H]2NC(=O)[C@H](NC(=O)[C@@H]3NC(=O)[C@H]4NC(=O)[C@H](NC(=O)[C@@H](NC(=S)N[C@@H]5O[C@H](COC(C)=O)[C@@H](OC(C)=O)[C@H](OC(C)=O)[C@H]5OC(C)=O)c5ccc(O)c(c5)Oc5cc4cc(O)c5C)[C@H](O)c4ccc(cc4)Oc4cc3cc(c4O)Oc3ccc(cc3)[C@H]2O)c2ccc(O)c(c2)-c2c(O)cc(O)cc21. The lowest BCUT2D eigenvalue weighted by Gasteiger charge is -2.44. The van der Waals surface area contributed by atoms with E-state index >= 15 is 24.0 Å². The molecule has 14 rings (SSSR count). The molecule has 6 amide bonds. The number of nitrogens with one attached hydrogen (secondary N) is 8. The number of hydrogen-bond donors (Lipinski definition) is 16. The summed E-state index contributed by atoms with van der Waals surface area (Å²) in [4.78, 5) is 158. The highest BCUT2D eigenvalue weighted by Crippen LogP contribution is 2.48. The van der Waals surface area contributed by atoms with Crippen molar-refractivity contribution < 1.29 is 136 Å². The maximum absolute atomic E-state index is 16.0. The van der Waals surface area contributed by atoms with Gasteiger partial charge in [0.15, 0.2) is 58.7 Å². The van der Waals surface area contributed by atoms with Gasteiger partial charge in [-0.25, -0.2) is 4.79 Å². The zero-order valence-electron chi connectivity index (χ0n) is 59.5. The van der Waals surface area contributed by atoms with E-state index in [2.05, 4.69) is 42.5 Å². The van der Waals surface area contributed by atoms with Gasteiger partial charge in [-0.05, 0) is 131 Å². The van der Waals surface area contributed by atoms with Crippen LogP contribution in [0.25, 0.3) is 11.1 Å². The zero-order chi connectivity index (χ0) is 80.6. The number of aliphatic hydroxyl groups is 2. The molecule has 17 bridgehead atoms. The quantitative estimate of drug-likeness (QED) is 0.0590. The van der Waals surface area contributed by atoms with Crippen molar-refractivity contribution in [2.45, 2.75) is 120 Å². The first kappa shape index (κ1) is 78.1. The molecule has 584 valence electrons. The Bertz CT molecular complexity index is 5020. The monoisotopic (exact) mass is 1560 g/mol. The van der Waals surface area contributed by atoms with Crippen molar-refractivity contribution in [3.63, 3.8) is 0 Å². The number of methoxy groups -OCH3 is 1. The molecule has 7 heterocycles. The number of aliphatic hydroxyl groups excluding tert-OH is 2. The van der Waals surface area contributed by atoms with Crippen LogP contribution in [0.4, 0.5) is 0 Å². The molecule has 0 unspecified atom stereocenters. The molecule has 7 aliphatic heterocycles. The fraction of sp³-hybridized carbons (Fsp3) is 0.280. The van der Waals surface area contributed by atoms with Gasteiger partial charge in [-0.1, -0.05) is 36.4 Å². The van der Waals surface area contributed by atoms with Gasteiger partial charge >= 0.3 is 29.8 Å². The molecular weight excluding hydrogens is 1490 g/mol. The van der Waals surface area contributed by atoms with Crippen LogP contribution >= 0.6 is 12.2 Å². The summed E-state index contributed by atoms with van der Waals surface area (Å²) in [6, 6.07) is 7.78. The largest absolute Gasteiger partial charge is 0.508 e. The lowest BCUT2D eigenvalue weighted by atomic mass is 9.89. The van der Waals surface area contributed by atoms with Crippen molar-refractivity contribution in [3.8, 4) is 80.1 Å². The molecule has 1 fully saturated rings. The van der Waals surface area contributed by atoms with Crippen LogP contribution in [0, 0.1) is 6.92 Å². The maximum Gasteiger partial charge on any atom is 0.333 e. The number of carbonyl (C=O) groups is 11. The van der Waals surface area contributed by atoms with E-state index in [-0.39, 0.29) is 61.8 Å². The summed E-state index contributed by atoms with van der Waals surface area (Å²) in [6.45, 7) is 4.72. The molecule has 37 heteroatoms. The van der Waals surface area contributed by atoms with Crippen molar-refractivity contribution in [2.24, 2.45) is 0 Å². The molecule has 0 aromatic heterocycles. The van der Waals surface area contributed by atoms with Crippen LogP contribution in [0.15, 0.2) is 121 Å². The number of phenols is 6. The molecule has 7 aromatic carbocycles. The Balaban J connectivity index is 0.998. The first-order chi connectivity index (χ1) is 53.2. The van der Waals surface area contributed by atoms with Crippen LogP contribution in [-0.4, -0.2) is 168 Å². The second-order valence-corrected chi connectivity index (χ2v) is 26.6. The van der Waals surface area contributed by atoms with Gasteiger partial charge in [-0.15, -0.1) is 0 Å². The number of carbonyl (C=O) groups excluding carboxylic acids is 11. The molecule has 0 saturated carbocycles. The van der Waals surface area contributed by atoms with E-state index in [4.69, 9.17) is 54.8 Å². The number of hydrogen-bond acceptors (Lipinski definition) is 29. The maximum atomic E-state index is 16.0. The van der Waals surface area contributed by atoms with Crippen LogP contribution in [0.2, 0.25) is 0 Å². The fourth-order valence-electron chi connectivity index (χ4n) is 13.2. The smallest absolute Gasteiger partial charge is 0.333 e. The van der Waals surface area contributed by atoms with Gasteiger partial charge in [-0.3, -0.25) is 47.9 Å². The molecule has 36 nitrogen and oxygen atoms in total. The molecule has 7 aromatic rings. The average molecular weight is 1560 g/mol. The minimum atomic E-state index is -2.26. The van der Waals surface area contributed by atoms with E-state index in [9.17, 15) is 69.6 Å². The van der Waals surface area contributed by atoms with Gasteiger partial charge in [0.25, 0.3) is 0 Å². The standard InChI is InChI=1S/C75H70N8O28S/c1-28-46(91)20-37-22-48(28)110-49-21-36(12-18-45(49)90)55(82-75(112)83-73-66(107-32(5)87)65(106-31(4)86)64(105-30(3)85)52(111-73)27-104-29(2)84)68(97)81-59-61(93)33-7-13-40(14-8-33)108-50-23-38-24-51(63(50)95)109-41-15-9-34(10-16-41)62(94)60-72(101)79-58(74(102)103-6)43-25-39(88)26-47(92)53(43)42-19-35(11-17-44(42)89)54(67(96)80-60)76-70(99)57(38)77-69(98)56(37)78-71(59)100/h7-26,52,54-62,64-66,73,88-95H,27H2,1-6H3,(H,76,99)(H,77,98)(H,78,100)(H,79,101)(H,80,96)(H,81,97)(H2,82,83,112)/t52-,54-,55+,56+,57-,58-,59-,60+,61-,62-,64-,65+,66-,73-/m1/s1. The third-order valence-electron chi connectivity index (χ3n) is 18.6. The van der Waals surface area contributed by atoms with Gasteiger partial charge in [0.05, 0.1) is 7.11 Å². The van der Waals surface area contributed by atoms with Crippen molar-refractivity contribution >= 4 is 82.6 Å².